The van der Waals surface area contributed by atoms with Crippen molar-refractivity contribution in [3.63, 3.8) is 0 Å². The number of nitrogens with one attached hydrogen (secondary N) is 1. The molecule has 5 heteroatoms. The van der Waals surface area contributed by atoms with Crippen molar-refractivity contribution in [1.82, 2.24) is 15.5 Å². The number of nitriles is 1. The molecule has 0 bridgehead atoms. The summed E-state index contributed by atoms with van der Waals surface area (Å²) in [6.07, 6.45) is 1.01. The van der Waals surface area contributed by atoms with Crippen LogP contribution in [0.25, 0.3) is 10.9 Å². The van der Waals surface area contributed by atoms with Gasteiger partial charge in [0.05, 0.1) is 11.2 Å². The highest BCUT2D eigenvalue weighted by atomic mass is 15.2. The van der Waals surface area contributed by atoms with Gasteiger partial charge < -0.3 is 10.2 Å². The van der Waals surface area contributed by atoms with Crippen LogP contribution in [0.15, 0.2) is 24.3 Å². The number of anilines is 1. The molecule has 2 rings (SSSR count). The lowest BCUT2D eigenvalue weighted by Gasteiger charge is -2.21. The molecule has 0 aliphatic carbocycles. The second-order valence-electron chi connectivity index (χ2n) is 4.40. The van der Waals surface area contributed by atoms with Crippen molar-refractivity contribution < 1.29 is 0 Å². The van der Waals surface area contributed by atoms with Gasteiger partial charge in [0, 0.05) is 19.0 Å². The third-order valence-electron chi connectivity index (χ3n) is 3.05. The molecule has 5 nitrogen and oxygen atoms in total. The summed E-state index contributed by atoms with van der Waals surface area (Å²) in [5.41, 5.74) is 2.06. The first-order chi connectivity index (χ1) is 9.27. The molecule has 0 fully saturated rings. The van der Waals surface area contributed by atoms with Gasteiger partial charge >= 0.3 is 0 Å². The van der Waals surface area contributed by atoms with Gasteiger partial charge in [0.2, 0.25) is 0 Å². The van der Waals surface area contributed by atoms with Crippen LogP contribution in [-0.4, -0.2) is 37.4 Å². The predicted octanol–water partition coefficient (Wildman–Crippen LogP) is 1.55. The van der Waals surface area contributed by atoms with E-state index in [1.807, 2.05) is 38.4 Å². The van der Waals surface area contributed by atoms with Crippen molar-refractivity contribution in [3.8, 4) is 6.07 Å². The van der Waals surface area contributed by atoms with Crippen LogP contribution in [0.5, 0.6) is 0 Å². The fraction of sp³-hybridized carbons (Fsp3) is 0.357. The van der Waals surface area contributed by atoms with E-state index in [9.17, 15) is 5.26 Å². The highest BCUT2D eigenvalue weighted by Gasteiger charge is 2.13. The molecule has 98 valence electrons. The molecule has 2 aromatic rings. The Morgan fingerprint density at radius 3 is 2.84 bits per heavy atom. The third kappa shape index (κ3) is 2.80. The quantitative estimate of drug-likeness (QED) is 0.821. The molecule has 0 saturated heterocycles. The van der Waals surface area contributed by atoms with E-state index in [1.165, 1.54) is 0 Å². The first-order valence-corrected chi connectivity index (χ1v) is 6.29. The molecule has 1 aromatic carbocycles. The van der Waals surface area contributed by atoms with Gasteiger partial charge in [0.15, 0.2) is 5.69 Å². The highest BCUT2D eigenvalue weighted by molar-refractivity contribution is 5.93. The average molecular weight is 255 g/mol. The molecule has 0 aliphatic rings. The highest BCUT2D eigenvalue weighted by Crippen LogP contribution is 2.26. The molecular formula is C14H17N5. The minimum atomic E-state index is 0.380. The molecule has 0 atom stereocenters. The summed E-state index contributed by atoms with van der Waals surface area (Å²) < 4.78 is 0. The largest absolute Gasteiger partial charge is 0.372 e. The number of nitrogens with zero attached hydrogens (tertiary/aromatic N) is 4. The van der Waals surface area contributed by atoms with Crippen LogP contribution in [0.2, 0.25) is 0 Å². The zero-order chi connectivity index (χ0) is 13.7. The Bertz CT molecular complexity index is 602. The maximum Gasteiger partial charge on any atom is 0.186 e. The van der Waals surface area contributed by atoms with Gasteiger partial charge in [-0.25, -0.2) is 0 Å². The van der Waals surface area contributed by atoms with Crippen LogP contribution < -0.4 is 10.2 Å². The molecule has 19 heavy (non-hydrogen) atoms. The molecule has 0 saturated carbocycles. The molecule has 1 aromatic heterocycles. The molecule has 0 radical (unpaired) electrons. The van der Waals surface area contributed by atoms with Gasteiger partial charge in [0.25, 0.3) is 0 Å². The van der Waals surface area contributed by atoms with E-state index < -0.39 is 0 Å². The Kier molecular flexibility index (Phi) is 4.26. The summed E-state index contributed by atoms with van der Waals surface area (Å²) in [5, 5.41) is 21.4. The molecule has 1 N–H and O–H groups in total. The zero-order valence-electron chi connectivity index (χ0n) is 11.2. The summed E-state index contributed by atoms with van der Waals surface area (Å²) in [6.45, 7) is 1.81. The Morgan fingerprint density at radius 2 is 2.11 bits per heavy atom. The standard InChI is InChI=1S/C14H17N5/c1-16-8-5-9-19(2)14-11-6-3-4-7-12(11)17-18-13(14)10-15/h3-4,6-7,16H,5,8-9H2,1-2H3. The lowest BCUT2D eigenvalue weighted by molar-refractivity contribution is 0.712. The van der Waals surface area contributed by atoms with Crippen molar-refractivity contribution in [2.24, 2.45) is 0 Å². The summed E-state index contributed by atoms with van der Waals surface area (Å²) in [7, 11) is 3.92. The summed E-state index contributed by atoms with van der Waals surface area (Å²) in [5.74, 6) is 0. The average Bonchev–Trinajstić information content (AvgIpc) is 2.46. The van der Waals surface area contributed by atoms with Crippen molar-refractivity contribution in [2.45, 2.75) is 6.42 Å². The van der Waals surface area contributed by atoms with Crippen molar-refractivity contribution in [3.05, 3.63) is 30.0 Å². The monoisotopic (exact) mass is 255 g/mol. The van der Waals surface area contributed by atoms with E-state index in [0.717, 1.165) is 36.1 Å². The summed E-state index contributed by atoms with van der Waals surface area (Å²) in [4.78, 5) is 2.08. The number of aromatic nitrogens is 2. The van der Waals surface area contributed by atoms with Crippen LogP contribution in [0.3, 0.4) is 0 Å². The number of hydrogen-bond acceptors (Lipinski definition) is 5. The van der Waals surface area contributed by atoms with Gasteiger partial charge in [-0.3, -0.25) is 0 Å². The second-order valence-corrected chi connectivity index (χ2v) is 4.40. The molecule has 0 spiro atoms. The van der Waals surface area contributed by atoms with E-state index in [4.69, 9.17) is 0 Å². The first kappa shape index (κ1) is 13.2. The summed E-state index contributed by atoms with van der Waals surface area (Å²) >= 11 is 0. The van der Waals surface area contributed by atoms with E-state index in [2.05, 4.69) is 26.5 Å². The maximum absolute atomic E-state index is 9.21. The van der Waals surface area contributed by atoms with Crippen molar-refractivity contribution >= 4 is 16.6 Å². The lowest BCUT2D eigenvalue weighted by Crippen LogP contribution is -2.23. The molecule has 0 unspecified atom stereocenters. The Morgan fingerprint density at radius 1 is 1.32 bits per heavy atom. The number of benzene rings is 1. The minimum absolute atomic E-state index is 0.380. The maximum atomic E-state index is 9.21. The first-order valence-electron chi connectivity index (χ1n) is 6.29. The number of rotatable bonds is 5. The minimum Gasteiger partial charge on any atom is -0.372 e. The predicted molar refractivity (Wildman–Crippen MR) is 76.1 cm³/mol. The Labute approximate surface area is 112 Å². The summed E-state index contributed by atoms with van der Waals surface area (Å²) in [6, 6.07) is 9.90. The van der Waals surface area contributed by atoms with Gasteiger partial charge in [-0.2, -0.15) is 5.26 Å². The Hall–Kier alpha value is -2.19. The van der Waals surface area contributed by atoms with E-state index in [-0.39, 0.29) is 0 Å². The number of fused-ring (bicyclic) bond motifs is 1. The number of hydrogen-bond donors (Lipinski definition) is 1. The molecule has 1 heterocycles. The fourth-order valence-electron chi connectivity index (χ4n) is 2.11. The Balaban J connectivity index is 2.41. The van der Waals surface area contributed by atoms with E-state index in [1.54, 1.807) is 0 Å². The lowest BCUT2D eigenvalue weighted by atomic mass is 10.1. The van der Waals surface area contributed by atoms with Crippen LogP contribution in [0.4, 0.5) is 5.69 Å². The van der Waals surface area contributed by atoms with Gasteiger partial charge in [-0.1, -0.05) is 18.2 Å². The topological polar surface area (TPSA) is 64.8 Å². The van der Waals surface area contributed by atoms with E-state index in [0.29, 0.717) is 5.69 Å². The van der Waals surface area contributed by atoms with Crippen LogP contribution in [-0.2, 0) is 0 Å². The molecule has 0 amide bonds. The van der Waals surface area contributed by atoms with Crippen LogP contribution in [0.1, 0.15) is 12.1 Å². The second kappa shape index (κ2) is 6.12. The molecule has 0 aliphatic heterocycles. The molecular weight excluding hydrogens is 238 g/mol. The van der Waals surface area contributed by atoms with Crippen LogP contribution in [0, 0.1) is 11.3 Å². The van der Waals surface area contributed by atoms with Crippen LogP contribution >= 0.6 is 0 Å². The normalized spacial score (nSPS) is 10.4. The fourth-order valence-corrected chi connectivity index (χ4v) is 2.11. The van der Waals surface area contributed by atoms with Gasteiger partial charge in [-0.15, -0.1) is 10.2 Å². The van der Waals surface area contributed by atoms with Crippen molar-refractivity contribution in [1.29, 1.82) is 5.26 Å². The SMILES string of the molecule is CNCCCN(C)c1c(C#N)nnc2ccccc12. The third-order valence-corrected chi connectivity index (χ3v) is 3.05. The van der Waals surface area contributed by atoms with Gasteiger partial charge in [-0.05, 0) is 26.1 Å². The smallest absolute Gasteiger partial charge is 0.186 e. The van der Waals surface area contributed by atoms with Gasteiger partial charge in [0.1, 0.15) is 6.07 Å². The van der Waals surface area contributed by atoms with E-state index >= 15 is 0 Å². The zero-order valence-corrected chi connectivity index (χ0v) is 11.2. The van der Waals surface area contributed by atoms with Crippen molar-refractivity contribution in [2.75, 3.05) is 32.1 Å².